The van der Waals surface area contributed by atoms with Crippen molar-refractivity contribution in [2.45, 2.75) is 25.4 Å². The first kappa shape index (κ1) is 36.6. The highest BCUT2D eigenvalue weighted by Crippen LogP contribution is 2.53. The summed E-state index contributed by atoms with van der Waals surface area (Å²) in [5.74, 6) is 0. The van der Waals surface area contributed by atoms with E-state index in [1.807, 2.05) is 36.4 Å². The molecule has 0 radical (unpaired) electrons. The summed E-state index contributed by atoms with van der Waals surface area (Å²) >= 11 is 0. The lowest BCUT2D eigenvalue weighted by atomic mass is 9.73. The molecule has 2 aliphatic heterocycles. The van der Waals surface area contributed by atoms with Crippen LogP contribution in [0.1, 0.15) is 47.8 Å². The third kappa shape index (κ3) is 5.66. The number of aromatic nitrogens is 1. The van der Waals surface area contributed by atoms with Crippen molar-refractivity contribution in [3.8, 4) is 22.9 Å². The molecule has 1 aromatic heterocycles. The van der Waals surface area contributed by atoms with Gasteiger partial charge in [0.25, 0.3) is 0 Å². The summed E-state index contributed by atoms with van der Waals surface area (Å²) < 4.78 is 2.55. The van der Waals surface area contributed by atoms with E-state index in [1.54, 1.807) is 0 Å². The predicted molar refractivity (Wildman–Crippen MR) is 249 cm³/mol. The molecule has 59 heavy (non-hydrogen) atoms. The van der Waals surface area contributed by atoms with Crippen LogP contribution in [0.5, 0.6) is 0 Å². The Bertz CT molecular complexity index is 3050. The van der Waals surface area contributed by atoms with Crippen LogP contribution in [-0.2, 0) is 5.41 Å². The molecule has 8 aromatic rings. The maximum Gasteiger partial charge on any atom is 0.147 e. The van der Waals surface area contributed by atoms with Gasteiger partial charge in [0.2, 0.25) is 0 Å². The number of benzene rings is 7. The first-order chi connectivity index (χ1) is 28.8. The van der Waals surface area contributed by atoms with E-state index < -0.39 is 6.17 Å². The fourth-order valence-corrected chi connectivity index (χ4v) is 10.5. The minimum absolute atomic E-state index is 0.216. The molecule has 0 spiro atoms. The number of hydrogen-bond donors (Lipinski definition) is 0. The van der Waals surface area contributed by atoms with Gasteiger partial charge in [0, 0.05) is 46.8 Å². The first-order valence-corrected chi connectivity index (χ1v) is 21.7. The van der Waals surface area contributed by atoms with E-state index >= 15 is 0 Å². The summed E-state index contributed by atoms with van der Waals surface area (Å²) in [6.45, 7) is 7.02. The summed E-state index contributed by atoms with van der Waals surface area (Å²) in [6, 6.07) is 61.0. The van der Waals surface area contributed by atoms with Crippen molar-refractivity contribution in [2.75, 3.05) is 25.7 Å². The first-order valence-electron chi connectivity index (χ1n) is 20.2. The molecule has 10 rings (SSSR count). The van der Waals surface area contributed by atoms with Gasteiger partial charge in [0.05, 0.1) is 33.8 Å². The number of nitrogens with zero attached hydrogens (tertiary/aromatic N) is 5. The molecule has 6 heteroatoms. The number of hydrogen-bond acceptors (Lipinski definition) is 4. The molecule has 5 nitrogen and oxygen atoms in total. The van der Waals surface area contributed by atoms with Crippen LogP contribution in [0.4, 0.5) is 11.4 Å². The van der Waals surface area contributed by atoms with Crippen LogP contribution in [0.2, 0.25) is 0 Å². The van der Waals surface area contributed by atoms with Gasteiger partial charge in [-0.3, -0.25) is 4.99 Å². The van der Waals surface area contributed by atoms with E-state index in [4.69, 9.17) is 4.99 Å². The van der Waals surface area contributed by atoms with Crippen molar-refractivity contribution in [2.24, 2.45) is 4.99 Å². The minimum atomic E-state index is -0.427. The van der Waals surface area contributed by atoms with E-state index in [9.17, 15) is 5.26 Å². The van der Waals surface area contributed by atoms with Gasteiger partial charge in [-0.25, -0.2) is 0 Å². The second-order valence-electron chi connectivity index (χ2n) is 16.0. The summed E-state index contributed by atoms with van der Waals surface area (Å²) in [5, 5.41) is 14.6. The van der Waals surface area contributed by atoms with E-state index in [0.717, 1.165) is 33.6 Å². The molecular formula is C53H44N5P. The van der Waals surface area contributed by atoms with Crippen LogP contribution < -0.4 is 10.2 Å². The molecule has 0 saturated carbocycles. The molecule has 2 aliphatic rings. The summed E-state index contributed by atoms with van der Waals surface area (Å²) in [7, 11) is 4.81. The molecule has 286 valence electrons. The molecule has 2 atom stereocenters. The lowest BCUT2D eigenvalue weighted by molar-refractivity contribution is 0.363. The summed E-state index contributed by atoms with van der Waals surface area (Å²) in [6.07, 6.45) is -0.427. The molecule has 0 N–H and O–H groups in total. The van der Waals surface area contributed by atoms with Crippen molar-refractivity contribution in [1.82, 2.24) is 9.47 Å². The average molecular weight is 782 g/mol. The highest BCUT2D eigenvalue weighted by molar-refractivity contribution is 7.47. The van der Waals surface area contributed by atoms with Gasteiger partial charge in [-0.15, -0.1) is 0 Å². The number of nitriles is 1. The van der Waals surface area contributed by atoms with Crippen LogP contribution in [-0.4, -0.2) is 35.9 Å². The normalized spacial score (nSPS) is 16.1. The van der Waals surface area contributed by atoms with Crippen LogP contribution in [0.15, 0.2) is 174 Å². The predicted octanol–water partition coefficient (Wildman–Crippen LogP) is 12.2. The Balaban J connectivity index is 1.31. The van der Waals surface area contributed by atoms with E-state index in [2.05, 4.69) is 182 Å². The van der Waals surface area contributed by atoms with Gasteiger partial charge in [-0.1, -0.05) is 162 Å². The maximum atomic E-state index is 10.9. The Hall–Kier alpha value is -6.73. The molecule has 0 amide bonds. The monoisotopic (exact) mass is 781 g/mol. The lowest BCUT2D eigenvalue weighted by Gasteiger charge is -2.41. The number of para-hydroxylation sites is 2. The largest absolute Gasteiger partial charge is 0.347 e. The van der Waals surface area contributed by atoms with Gasteiger partial charge in [0.1, 0.15) is 17.8 Å². The number of allylic oxidation sites excluding steroid dienone is 1. The standard InChI is InChI=1S/C53H44N5P/c1-53(2)42-26-16-18-28-45(42)56(3)50-43(53)30-29-39-38-25-15-17-27-44(38)58(49(39)50)46-32-37(31-40(51(46)59-5)34-19-9-6-10-20-34)52-55-47(35-21-11-7-12-22-35)41(33-54)48(57(52)4)36-23-13-8-14-24-36/h6-32,52,59H,1-5H3. The van der Waals surface area contributed by atoms with Crippen molar-refractivity contribution >= 4 is 58.5 Å². The quantitative estimate of drug-likeness (QED) is 0.158. The lowest BCUT2D eigenvalue weighted by Crippen LogP contribution is -2.31. The average Bonchev–Trinajstić information content (AvgIpc) is 3.62. The Morgan fingerprint density at radius 3 is 1.97 bits per heavy atom. The number of rotatable bonds is 6. The topological polar surface area (TPSA) is 47.6 Å². The Morgan fingerprint density at radius 2 is 1.27 bits per heavy atom. The van der Waals surface area contributed by atoms with Gasteiger partial charge in [-0.05, 0) is 64.3 Å². The highest BCUT2D eigenvalue weighted by atomic mass is 31.1. The SMILES string of the molecule is CPc1c(-c2ccccc2)cc(C2N=C(c3ccccc3)C(C#N)=C(c3ccccc3)N2C)cc1-n1c2ccccc2c2ccc3c(c21)N(C)c1ccccc1C3(C)C. The molecule has 0 bridgehead atoms. The third-order valence-electron chi connectivity index (χ3n) is 12.4. The molecule has 2 unspecified atom stereocenters. The maximum absolute atomic E-state index is 10.9. The van der Waals surface area contributed by atoms with Crippen molar-refractivity contribution in [3.63, 3.8) is 0 Å². The Morgan fingerprint density at radius 1 is 0.644 bits per heavy atom. The number of aliphatic imine (C=N–C) groups is 1. The fourth-order valence-electron chi connectivity index (χ4n) is 9.62. The van der Waals surface area contributed by atoms with Crippen molar-refractivity contribution in [1.29, 1.82) is 5.26 Å². The molecule has 0 fully saturated rings. The van der Waals surface area contributed by atoms with Crippen LogP contribution in [0.25, 0.3) is 44.3 Å². The third-order valence-corrected chi connectivity index (χ3v) is 13.4. The van der Waals surface area contributed by atoms with E-state index in [-0.39, 0.29) is 5.41 Å². The molecule has 0 aliphatic carbocycles. The summed E-state index contributed by atoms with van der Waals surface area (Å²) in [5.41, 5.74) is 15.8. The van der Waals surface area contributed by atoms with E-state index in [1.165, 1.54) is 55.2 Å². The summed E-state index contributed by atoms with van der Waals surface area (Å²) in [4.78, 5) is 10.2. The Kier molecular flexibility index (Phi) is 8.86. The minimum Gasteiger partial charge on any atom is -0.347 e. The molecule has 0 saturated heterocycles. The van der Waals surface area contributed by atoms with Crippen molar-refractivity contribution < 1.29 is 0 Å². The van der Waals surface area contributed by atoms with Crippen LogP contribution >= 0.6 is 8.58 Å². The smallest absolute Gasteiger partial charge is 0.147 e. The van der Waals surface area contributed by atoms with Gasteiger partial charge in [-0.2, -0.15) is 5.26 Å². The van der Waals surface area contributed by atoms with Gasteiger partial charge < -0.3 is 14.4 Å². The van der Waals surface area contributed by atoms with Gasteiger partial charge in [0.15, 0.2) is 0 Å². The van der Waals surface area contributed by atoms with Crippen LogP contribution in [0, 0.1) is 11.3 Å². The molecule has 7 aromatic carbocycles. The zero-order valence-corrected chi connectivity index (χ0v) is 34.9. The fraction of sp³-hybridized carbons (Fsp3) is 0.132. The van der Waals surface area contributed by atoms with E-state index in [0.29, 0.717) is 19.9 Å². The van der Waals surface area contributed by atoms with Gasteiger partial charge >= 0.3 is 0 Å². The number of anilines is 2. The highest BCUT2D eigenvalue weighted by Gasteiger charge is 2.38. The second kappa shape index (κ2) is 14.3. The zero-order chi connectivity index (χ0) is 40.4. The van der Waals surface area contributed by atoms with Crippen molar-refractivity contribution in [3.05, 3.63) is 197 Å². The van der Waals surface area contributed by atoms with Crippen LogP contribution in [0.3, 0.4) is 0 Å². The molecule has 3 heterocycles. The Labute approximate surface area is 348 Å². The molecular weight excluding hydrogens is 738 g/mol. The second-order valence-corrected chi connectivity index (χ2v) is 17.0. The zero-order valence-electron chi connectivity index (χ0n) is 33.9. The number of fused-ring (bicyclic) bond motifs is 6.